The predicted octanol–water partition coefficient (Wildman–Crippen LogP) is 4.68. The summed E-state index contributed by atoms with van der Waals surface area (Å²) in [5.41, 5.74) is 1.52. The Morgan fingerprint density at radius 2 is 2.18 bits per heavy atom. The fourth-order valence-electron chi connectivity index (χ4n) is 2.88. The molecule has 0 radical (unpaired) electrons. The van der Waals surface area contributed by atoms with Crippen LogP contribution in [0.5, 0.6) is 0 Å². The van der Waals surface area contributed by atoms with Gasteiger partial charge in [-0.05, 0) is 49.2 Å². The normalized spacial score (nSPS) is 18.7. The Morgan fingerprint density at radius 1 is 1.41 bits per heavy atom. The summed E-state index contributed by atoms with van der Waals surface area (Å²) >= 11 is 1.88. The van der Waals surface area contributed by atoms with Crippen LogP contribution in [0, 0.1) is 12.8 Å². The molecule has 1 aliphatic carbocycles. The molecular formula is C15H25NS. The molecule has 0 spiro atoms. The molecule has 1 aromatic rings. The highest BCUT2D eigenvalue weighted by atomic mass is 32.1. The van der Waals surface area contributed by atoms with Gasteiger partial charge in [-0.15, -0.1) is 11.3 Å². The van der Waals surface area contributed by atoms with Crippen LogP contribution in [0.4, 0.5) is 0 Å². The van der Waals surface area contributed by atoms with Gasteiger partial charge in [0.15, 0.2) is 0 Å². The van der Waals surface area contributed by atoms with Crippen molar-refractivity contribution in [3.8, 4) is 0 Å². The third kappa shape index (κ3) is 3.82. The highest BCUT2D eigenvalue weighted by Gasteiger charge is 2.21. The number of hydrogen-bond donors (Lipinski definition) is 1. The fraction of sp³-hybridized carbons (Fsp3) is 0.733. The van der Waals surface area contributed by atoms with Crippen LogP contribution in [0.15, 0.2) is 11.4 Å². The van der Waals surface area contributed by atoms with Gasteiger partial charge in [0.25, 0.3) is 0 Å². The van der Waals surface area contributed by atoms with E-state index in [2.05, 4.69) is 30.6 Å². The Balaban J connectivity index is 1.96. The first kappa shape index (κ1) is 13.1. The highest BCUT2D eigenvalue weighted by molar-refractivity contribution is 7.10. The molecule has 2 rings (SSSR count). The monoisotopic (exact) mass is 251 g/mol. The second-order valence-electron chi connectivity index (χ2n) is 5.38. The zero-order chi connectivity index (χ0) is 12.1. The topological polar surface area (TPSA) is 12.0 Å². The minimum atomic E-state index is 0.600. The molecule has 1 unspecified atom stereocenters. The van der Waals surface area contributed by atoms with Crippen LogP contribution in [-0.2, 0) is 0 Å². The van der Waals surface area contributed by atoms with E-state index < -0.39 is 0 Å². The molecule has 1 atom stereocenters. The molecule has 96 valence electrons. The predicted molar refractivity (Wildman–Crippen MR) is 76.7 cm³/mol. The molecular weight excluding hydrogens is 226 g/mol. The molecule has 0 aromatic carbocycles. The molecule has 1 nitrogen and oxygen atoms in total. The third-order valence-electron chi connectivity index (χ3n) is 3.84. The van der Waals surface area contributed by atoms with Crippen molar-refractivity contribution >= 4 is 11.3 Å². The third-order valence-corrected chi connectivity index (χ3v) is 4.72. The van der Waals surface area contributed by atoms with E-state index in [1.807, 2.05) is 11.3 Å². The van der Waals surface area contributed by atoms with Crippen LogP contribution in [0.3, 0.4) is 0 Å². The van der Waals surface area contributed by atoms with Crippen LogP contribution >= 0.6 is 11.3 Å². The van der Waals surface area contributed by atoms with Crippen molar-refractivity contribution < 1.29 is 0 Å². The van der Waals surface area contributed by atoms with Gasteiger partial charge < -0.3 is 5.32 Å². The average molecular weight is 251 g/mol. The van der Waals surface area contributed by atoms with E-state index >= 15 is 0 Å². The molecule has 2 heteroatoms. The minimum Gasteiger partial charge on any atom is -0.310 e. The Kier molecular flexibility index (Phi) is 5.05. The maximum atomic E-state index is 3.73. The zero-order valence-corrected chi connectivity index (χ0v) is 12.0. The molecule has 17 heavy (non-hydrogen) atoms. The Labute approximate surface area is 110 Å². The lowest BCUT2D eigenvalue weighted by Gasteiger charge is -2.21. The summed E-state index contributed by atoms with van der Waals surface area (Å²) in [6.45, 7) is 5.60. The molecule has 0 bridgehead atoms. The maximum Gasteiger partial charge on any atom is 0.0331 e. The average Bonchev–Trinajstić information content (AvgIpc) is 2.95. The van der Waals surface area contributed by atoms with Gasteiger partial charge >= 0.3 is 0 Å². The molecule has 1 aliphatic rings. The molecule has 1 heterocycles. The lowest BCUT2D eigenvalue weighted by atomic mass is 9.95. The van der Waals surface area contributed by atoms with Crippen molar-refractivity contribution in [2.75, 3.05) is 6.54 Å². The SMILES string of the molecule is CCCNC(CC1CCCC1)c1csc(C)c1. The number of aryl methyl sites for hydroxylation is 1. The van der Waals surface area contributed by atoms with Gasteiger partial charge in [-0.3, -0.25) is 0 Å². The van der Waals surface area contributed by atoms with Crippen LogP contribution in [-0.4, -0.2) is 6.54 Å². The van der Waals surface area contributed by atoms with E-state index in [0.29, 0.717) is 6.04 Å². The largest absolute Gasteiger partial charge is 0.310 e. The lowest BCUT2D eigenvalue weighted by Crippen LogP contribution is -2.23. The van der Waals surface area contributed by atoms with Gasteiger partial charge in [0, 0.05) is 10.9 Å². The van der Waals surface area contributed by atoms with Crippen molar-refractivity contribution in [3.05, 3.63) is 21.9 Å². The maximum absolute atomic E-state index is 3.73. The summed E-state index contributed by atoms with van der Waals surface area (Å²) in [6, 6.07) is 2.97. The Morgan fingerprint density at radius 3 is 2.76 bits per heavy atom. The summed E-state index contributed by atoms with van der Waals surface area (Å²) in [6.07, 6.45) is 8.38. The summed E-state index contributed by atoms with van der Waals surface area (Å²) in [4.78, 5) is 1.44. The lowest BCUT2D eigenvalue weighted by molar-refractivity contribution is 0.396. The van der Waals surface area contributed by atoms with Crippen molar-refractivity contribution in [2.24, 2.45) is 5.92 Å². The van der Waals surface area contributed by atoms with Crippen LogP contribution < -0.4 is 5.32 Å². The summed E-state index contributed by atoms with van der Waals surface area (Å²) in [5, 5.41) is 6.08. The van der Waals surface area contributed by atoms with Crippen molar-refractivity contribution in [2.45, 2.75) is 58.4 Å². The zero-order valence-electron chi connectivity index (χ0n) is 11.2. The number of nitrogens with one attached hydrogen (secondary N) is 1. The van der Waals surface area contributed by atoms with Crippen LogP contribution in [0.1, 0.15) is 61.9 Å². The van der Waals surface area contributed by atoms with Gasteiger partial charge in [-0.2, -0.15) is 0 Å². The molecule has 0 amide bonds. The standard InChI is InChI=1S/C15H25NS/c1-3-8-16-15(10-13-6-4-5-7-13)14-9-12(2)17-11-14/h9,11,13,15-16H,3-8,10H2,1-2H3. The van der Waals surface area contributed by atoms with Crippen molar-refractivity contribution in [1.82, 2.24) is 5.32 Å². The van der Waals surface area contributed by atoms with Crippen LogP contribution in [0.25, 0.3) is 0 Å². The number of thiophene rings is 1. The van der Waals surface area contributed by atoms with Crippen molar-refractivity contribution in [3.63, 3.8) is 0 Å². The molecule has 1 aromatic heterocycles. The molecule has 1 saturated carbocycles. The second-order valence-corrected chi connectivity index (χ2v) is 6.50. The molecule has 1 N–H and O–H groups in total. The first-order valence-electron chi connectivity index (χ1n) is 7.08. The van der Waals surface area contributed by atoms with Gasteiger partial charge in [0.2, 0.25) is 0 Å². The first-order chi connectivity index (χ1) is 8.29. The molecule has 0 saturated heterocycles. The van der Waals surface area contributed by atoms with E-state index in [-0.39, 0.29) is 0 Å². The van der Waals surface area contributed by atoms with E-state index in [9.17, 15) is 0 Å². The smallest absolute Gasteiger partial charge is 0.0331 e. The van der Waals surface area contributed by atoms with E-state index in [1.54, 1.807) is 0 Å². The second kappa shape index (κ2) is 6.55. The number of rotatable bonds is 6. The highest BCUT2D eigenvalue weighted by Crippen LogP contribution is 2.34. The Hall–Kier alpha value is -0.340. The number of hydrogen-bond acceptors (Lipinski definition) is 2. The fourth-order valence-corrected chi connectivity index (χ4v) is 3.64. The summed E-state index contributed by atoms with van der Waals surface area (Å²) in [5.74, 6) is 0.963. The van der Waals surface area contributed by atoms with E-state index in [0.717, 1.165) is 12.5 Å². The van der Waals surface area contributed by atoms with E-state index in [4.69, 9.17) is 0 Å². The minimum absolute atomic E-state index is 0.600. The summed E-state index contributed by atoms with van der Waals surface area (Å²) in [7, 11) is 0. The van der Waals surface area contributed by atoms with Gasteiger partial charge in [0.1, 0.15) is 0 Å². The van der Waals surface area contributed by atoms with Crippen LogP contribution in [0.2, 0.25) is 0 Å². The van der Waals surface area contributed by atoms with Gasteiger partial charge in [-0.1, -0.05) is 32.6 Å². The van der Waals surface area contributed by atoms with Crippen molar-refractivity contribution in [1.29, 1.82) is 0 Å². The molecule has 0 aliphatic heterocycles. The molecule has 1 fully saturated rings. The van der Waals surface area contributed by atoms with Gasteiger partial charge in [0.05, 0.1) is 0 Å². The Bertz CT molecular complexity index is 325. The van der Waals surface area contributed by atoms with Gasteiger partial charge in [-0.25, -0.2) is 0 Å². The quantitative estimate of drug-likeness (QED) is 0.774. The van der Waals surface area contributed by atoms with E-state index in [1.165, 1.54) is 49.0 Å². The first-order valence-corrected chi connectivity index (χ1v) is 7.96. The summed E-state index contributed by atoms with van der Waals surface area (Å²) < 4.78 is 0.